The molecule has 5 nitrogen and oxygen atoms in total. The van der Waals surface area contributed by atoms with Crippen molar-refractivity contribution in [2.45, 2.75) is 32.3 Å². The molecule has 0 fully saturated rings. The highest BCUT2D eigenvalue weighted by Crippen LogP contribution is 2.30. The SMILES string of the molecule is Cc1cc(CO)cc(S(=O)(=O)Nc2nc(C)c(C)s2)c1Br. The minimum atomic E-state index is -3.76. The molecular formula is C13H15BrN2O3S2. The topological polar surface area (TPSA) is 79.3 Å². The lowest BCUT2D eigenvalue weighted by Crippen LogP contribution is -2.14. The van der Waals surface area contributed by atoms with E-state index in [9.17, 15) is 13.5 Å². The van der Waals surface area contributed by atoms with Gasteiger partial charge in [0.1, 0.15) is 4.90 Å². The van der Waals surface area contributed by atoms with Crippen LogP contribution in [0.25, 0.3) is 0 Å². The first kappa shape index (κ1) is 16.4. The van der Waals surface area contributed by atoms with Crippen molar-refractivity contribution in [2.24, 2.45) is 0 Å². The van der Waals surface area contributed by atoms with Crippen LogP contribution in [0.5, 0.6) is 0 Å². The third-order valence-corrected chi connectivity index (χ3v) is 6.80. The van der Waals surface area contributed by atoms with Gasteiger partial charge < -0.3 is 5.11 Å². The van der Waals surface area contributed by atoms with E-state index >= 15 is 0 Å². The number of nitrogens with zero attached hydrogens (tertiary/aromatic N) is 1. The van der Waals surface area contributed by atoms with E-state index in [1.54, 1.807) is 13.0 Å². The molecule has 0 unspecified atom stereocenters. The van der Waals surface area contributed by atoms with Crippen LogP contribution in [0.1, 0.15) is 21.7 Å². The van der Waals surface area contributed by atoms with Crippen molar-refractivity contribution in [3.05, 3.63) is 38.3 Å². The van der Waals surface area contributed by atoms with Gasteiger partial charge in [-0.2, -0.15) is 0 Å². The molecule has 2 rings (SSSR count). The van der Waals surface area contributed by atoms with Crippen LogP contribution in [0.4, 0.5) is 5.13 Å². The van der Waals surface area contributed by atoms with Crippen molar-refractivity contribution in [2.75, 3.05) is 4.72 Å². The van der Waals surface area contributed by atoms with Crippen LogP contribution in [0.2, 0.25) is 0 Å². The Hall–Kier alpha value is -0.960. The van der Waals surface area contributed by atoms with Crippen molar-refractivity contribution < 1.29 is 13.5 Å². The van der Waals surface area contributed by atoms with E-state index in [-0.39, 0.29) is 11.5 Å². The number of aliphatic hydroxyl groups is 1. The minimum Gasteiger partial charge on any atom is -0.392 e. The van der Waals surface area contributed by atoms with E-state index < -0.39 is 10.0 Å². The summed E-state index contributed by atoms with van der Waals surface area (Å²) in [5.41, 5.74) is 2.09. The molecule has 2 aromatic rings. The standard InChI is InChI=1S/C13H15BrN2O3S2/c1-7-4-10(6-17)5-11(12(7)14)21(18,19)16-13-15-8(2)9(3)20-13/h4-5,17H,6H2,1-3H3,(H,15,16). The molecule has 0 aliphatic carbocycles. The first-order chi connectivity index (χ1) is 9.74. The van der Waals surface area contributed by atoms with Crippen LogP contribution >= 0.6 is 27.3 Å². The average Bonchev–Trinajstić information content (AvgIpc) is 2.70. The van der Waals surface area contributed by atoms with E-state index in [2.05, 4.69) is 25.6 Å². The van der Waals surface area contributed by atoms with E-state index in [0.717, 1.165) is 16.1 Å². The van der Waals surface area contributed by atoms with Crippen molar-refractivity contribution in [1.82, 2.24) is 4.98 Å². The Morgan fingerprint density at radius 3 is 2.52 bits per heavy atom. The van der Waals surface area contributed by atoms with Crippen molar-refractivity contribution in [3.63, 3.8) is 0 Å². The van der Waals surface area contributed by atoms with Gasteiger partial charge >= 0.3 is 0 Å². The van der Waals surface area contributed by atoms with Crippen LogP contribution in [-0.2, 0) is 16.6 Å². The molecule has 114 valence electrons. The molecule has 8 heteroatoms. The van der Waals surface area contributed by atoms with Gasteiger partial charge in [0, 0.05) is 9.35 Å². The maximum Gasteiger partial charge on any atom is 0.264 e. The zero-order valence-corrected chi connectivity index (χ0v) is 15.0. The van der Waals surface area contributed by atoms with Crippen LogP contribution in [-0.4, -0.2) is 18.5 Å². The fourth-order valence-corrected chi connectivity index (χ4v) is 4.90. The molecule has 0 spiro atoms. The quantitative estimate of drug-likeness (QED) is 0.840. The number of sulfonamides is 1. The zero-order valence-electron chi connectivity index (χ0n) is 11.8. The number of nitrogens with one attached hydrogen (secondary N) is 1. The predicted octanol–water partition coefficient (Wildman–Crippen LogP) is 3.12. The molecule has 1 aromatic heterocycles. The minimum absolute atomic E-state index is 0.0945. The first-order valence-electron chi connectivity index (χ1n) is 6.11. The first-order valence-corrected chi connectivity index (χ1v) is 9.20. The van der Waals surface area contributed by atoms with E-state index in [1.165, 1.54) is 17.4 Å². The molecule has 2 N–H and O–H groups in total. The van der Waals surface area contributed by atoms with Gasteiger partial charge in [-0.1, -0.05) is 6.07 Å². The number of halogens is 1. The number of aryl methyl sites for hydroxylation is 3. The largest absolute Gasteiger partial charge is 0.392 e. The Bertz CT molecular complexity index is 765. The van der Waals surface area contributed by atoms with E-state index in [4.69, 9.17) is 0 Å². The van der Waals surface area contributed by atoms with Gasteiger partial charge in [0.2, 0.25) is 0 Å². The summed E-state index contributed by atoms with van der Waals surface area (Å²) in [5, 5.41) is 9.57. The molecule has 21 heavy (non-hydrogen) atoms. The highest BCUT2D eigenvalue weighted by atomic mass is 79.9. The number of benzene rings is 1. The maximum absolute atomic E-state index is 12.5. The molecule has 0 aliphatic heterocycles. The Morgan fingerprint density at radius 2 is 2.00 bits per heavy atom. The fourth-order valence-electron chi connectivity index (χ4n) is 1.78. The van der Waals surface area contributed by atoms with Crippen LogP contribution < -0.4 is 4.72 Å². The summed E-state index contributed by atoms with van der Waals surface area (Å²) in [6, 6.07) is 3.19. The third kappa shape index (κ3) is 3.45. The molecule has 0 bridgehead atoms. The summed E-state index contributed by atoms with van der Waals surface area (Å²) in [6.07, 6.45) is 0. The number of rotatable bonds is 4. The number of anilines is 1. The lowest BCUT2D eigenvalue weighted by Gasteiger charge is -2.11. The monoisotopic (exact) mass is 390 g/mol. The Balaban J connectivity index is 2.46. The molecule has 0 atom stereocenters. The van der Waals surface area contributed by atoms with Crippen molar-refractivity contribution in [1.29, 1.82) is 0 Å². The van der Waals surface area contributed by atoms with Gasteiger partial charge in [-0.15, -0.1) is 11.3 Å². The maximum atomic E-state index is 12.5. The lowest BCUT2D eigenvalue weighted by atomic mass is 10.1. The highest BCUT2D eigenvalue weighted by molar-refractivity contribution is 9.10. The molecule has 0 radical (unpaired) electrons. The number of hydrogen-bond acceptors (Lipinski definition) is 5. The second-order valence-corrected chi connectivity index (χ2v) is 8.30. The molecule has 0 saturated heterocycles. The van der Waals surface area contributed by atoms with E-state index in [1.807, 2.05) is 13.8 Å². The van der Waals surface area contributed by atoms with Gasteiger partial charge in [0.05, 0.1) is 12.3 Å². The molecule has 0 amide bonds. The molecule has 0 aliphatic rings. The highest BCUT2D eigenvalue weighted by Gasteiger charge is 2.21. The van der Waals surface area contributed by atoms with Crippen LogP contribution in [0.3, 0.4) is 0 Å². The fraction of sp³-hybridized carbons (Fsp3) is 0.308. The van der Waals surface area contributed by atoms with Gasteiger partial charge in [0.15, 0.2) is 5.13 Å². The second-order valence-electron chi connectivity index (χ2n) is 4.65. The van der Waals surface area contributed by atoms with Crippen LogP contribution in [0.15, 0.2) is 21.5 Å². The summed E-state index contributed by atoms with van der Waals surface area (Å²) < 4.78 is 28.0. The van der Waals surface area contributed by atoms with Gasteiger partial charge in [-0.25, -0.2) is 13.4 Å². The predicted molar refractivity (Wildman–Crippen MR) is 87.2 cm³/mol. The lowest BCUT2D eigenvalue weighted by molar-refractivity contribution is 0.281. The molecular weight excluding hydrogens is 376 g/mol. The summed E-state index contributed by atoms with van der Waals surface area (Å²) in [7, 11) is -3.76. The molecule has 1 heterocycles. The van der Waals surface area contributed by atoms with Crippen molar-refractivity contribution in [3.8, 4) is 0 Å². The number of aromatic nitrogens is 1. The van der Waals surface area contributed by atoms with Gasteiger partial charge in [-0.3, -0.25) is 4.72 Å². The Morgan fingerprint density at radius 1 is 1.33 bits per heavy atom. The van der Waals surface area contributed by atoms with Crippen molar-refractivity contribution >= 4 is 42.4 Å². The summed E-state index contributed by atoms with van der Waals surface area (Å²) in [5.74, 6) is 0. The molecule has 1 aromatic carbocycles. The van der Waals surface area contributed by atoms with E-state index in [0.29, 0.717) is 15.2 Å². The third-order valence-electron chi connectivity index (χ3n) is 3.00. The Kier molecular flexibility index (Phi) is 4.72. The molecule has 0 saturated carbocycles. The number of thiazole rings is 1. The summed E-state index contributed by atoms with van der Waals surface area (Å²) in [6.45, 7) is 5.28. The smallest absolute Gasteiger partial charge is 0.264 e. The zero-order chi connectivity index (χ0) is 15.8. The van der Waals surface area contributed by atoms with Gasteiger partial charge in [-0.05, 0) is 53.9 Å². The Labute approximate surface area is 136 Å². The summed E-state index contributed by atoms with van der Waals surface area (Å²) >= 11 is 4.58. The second kappa shape index (κ2) is 6.04. The number of hydrogen-bond donors (Lipinski definition) is 2. The number of aliphatic hydroxyl groups excluding tert-OH is 1. The summed E-state index contributed by atoms with van der Waals surface area (Å²) in [4.78, 5) is 5.24. The average molecular weight is 391 g/mol. The van der Waals surface area contributed by atoms with Crippen LogP contribution in [0, 0.1) is 20.8 Å². The van der Waals surface area contributed by atoms with Gasteiger partial charge in [0.25, 0.3) is 10.0 Å². The normalized spacial score (nSPS) is 11.7.